The Morgan fingerprint density at radius 2 is 1.73 bits per heavy atom. The summed E-state index contributed by atoms with van der Waals surface area (Å²) in [6, 6.07) is 5.73. The second kappa shape index (κ2) is 7.12. The number of hydrogen-bond acceptors (Lipinski definition) is 8. The molecule has 2 aromatic rings. The molecule has 2 amide bonds. The Morgan fingerprint density at radius 3 is 2.42 bits per heavy atom. The summed E-state index contributed by atoms with van der Waals surface area (Å²) in [5, 5.41) is 1.88. The zero-order valence-corrected chi connectivity index (χ0v) is 14.6. The average Bonchev–Trinajstić information content (AvgIpc) is 3.00. The highest BCUT2D eigenvalue weighted by Crippen LogP contribution is 2.25. The van der Waals surface area contributed by atoms with Crippen molar-refractivity contribution in [2.45, 2.75) is 0 Å². The highest BCUT2D eigenvalue weighted by molar-refractivity contribution is 8.18. The summed E-state index contributed by atoms with van der Waals surface area (Å²) in [6.45, 7) is 3.34. The number of hydrogen-bond donors (Lipinski definition) is 1. The molecule has 0 saturated carbocycles. The van der Waals surface area contributed by atoms with Crippen molar-refractivity contribution >= 4 is 40.6 Å². The number of carbonyl (C=O) groups is 2. The first kappa shape index (κ1) is 16.5. The van der Waals surface area contributed by atoms with Crippen molar-refractivity contribution < 1.29 is 9.59 Å². The van der Waals surface area contributed by atoms with Gasteiger partial charge in [0.05, 0.1) is 10.6 Å². The maximum atomic E-state index is 11.7. The summed E-state index contributed by atoms with van der Waals surface area (Å²) in [6.07, 6.45) is 6.88. The molecule has 0 atom stereocenters. The van der Waals surface area contributed by atoms with Gasteiger partial charge in [0, 0.05) is 50.5 Å². The molecule has 2 fully saturated rings. The third-order valence-corrected chi connectivity index (χ3v) is 4.99. The molecule has 8 nitrogen and oxygen atoms in total. The minimum atomic E-state index is -0.383. The van der Waals surface area contributed by atoms with Crippen LogP contribution in [0.2, 0.25) is 0 Å². The zero-order valence-electron chi connectivity index (χ0n) is 13.8. The lowest BCUT2D eigenvalue weighted by molar-refractivity contribution is -0.115. The molecule has 0 radical (unpaired) electrons. The van der Waals surface area contributed by atoms with Crippen LogP contribution in [0.15, 0.2) is 41.7 Å². The van der Waals surface area contributed by atoms with Gasteiger partial charge < -0.3 is 9.80 Å². The molecule has 2 saturated heterocycles. The van der Waals surface area contributed by atoms with E-state index in [0.29, 0.717) is 16.5 Å². The molecule has 0 aromatic carbocycles. The monoisotopic (exact) mass is 368 g/mol. The molecule has 9 heteroatoms. The van der Waals surface area contributed by atoms with Crippen molar-refractivity contribution in [2.75, 3.05) is 36.0 Å². The molecule has 2 aromatic heterocycles. The second-order valence-electron chi connectivity index (χ2n) is 5.81. The van der Waals surface area contributed by atoms with E-state index in [-0.39, 0.29) is 11.1 Å². The topological polar surface area (TPSA) is 91.3 Å². The van der Waals surface area contributed by atoms with Crippen molar-refractivity contribution in [1.29, 1.82) is 0 Å². The van der Waals surface area contributed by atoms with E-state index in [1.807, 2.05) is 12.1 Å². The van der Waals surface area contributed by atoms with Crippen LogP contribution in [0.4, 0.5) is 16.4 Å². The predicted molar refractivity (Wildman–Crippen MR) is 99.8 cm³/mol. The lowest BCUT2D eigenvalue weighted by Crippen LogP contribution is -2.47. The summed E-state index contributed by atoms with van der Waals surface area (Å²) >= 11 is 0.884. The molecule has 0 spiro atoms. The van der Waals surface area contributed by atoms with Gasteiger partial charge in [0.2, 0.25) is 5.95 Å². The first-order valence-corrected chi connectivity index (χ1v) is 8.98. The number of thioether (sulfide) groups is 1. The number of nitrogens with zero attached hydrogens (tertiary/aromatic N) is 5. The van der Waals surface area contributed by atoms with Crippen molar-refractivity contribution in [3.05, 3.63) is 47.4 Å². The van der Waals surface area contributed by atoms with Gasteiger partial charge in [-0.3, -0.25) is 19.9 Å². The molecule has 1 N–H and O–H groups in total. The fraction of sp³-hybridized carbons (Fsp3) is 0.235. The van der Waals surface area contributed by atoms with Gasteiger partial charge in [0.15, 0.2) is 0 Å². The third-order valence-electron chi connectivity index (χ3n) is 4.18. The quantitative estimate of drug-likeness (QED) is 0.816. The van der Waals surface area contributed by atoms with Gasteiger partial charge >= 0.3 is 0 Å². The van der Waals surface area contributed by atoms with E-state index < -0.39 is 0 Å². The largest absolute Gasteiger partial charge is 0.368 e. The van der Waals surface area contributed by atoms with Gasteiger partial charge in [-0.2, -0.15) is 0 Å². The van der Waals surface area contributed by atoms with E-state index in [0.717, 1.165) is 43.6 Å². The molecule has 0 bridgehead atoms. The second-order valence-corrected chi connectivity index (χ2v) is 6.83. The van der Waals surface area contributed by atoms with E-state index in [2.05, 4.69) is 30.1 Å². The number of carbonyl (C=O) groups excluding carboxylic acids is 2. The molecule has 0 aliphatic carbocycles. The van der Waals surface area contributed by atoms with Crippen LogP contribution < -0.4 is 15.1 Å². The zero-order chi connectivity index (χ0) is 17.9. The van der Waals surface area contributed by atoms with Crippen molar-refractivity contribution in [2.24, 2.45) is 0 Å². The molecule has 4 heterocycles. The Kier molecular flexibility index (Phi) is 4.53. The first-order chi connectivity index (χ1) is 12.7. The van der Waals surface area contributed by atoms with Gasteiger partial charge in [-0.15, -0.1) is 0 Å². The van der Waals surface area contributed by atoms with Gasteiger partial charge in [-0.05, 0) is 36.0 Å². The van der Waals surface area contributed by atoms with Gasteiger partial charge in [0.25, 0.3) is 11.1 Å². The van der Waals surface area contributed by atoms with E-state index in [4.69, 9.17) is 0 Å². The predicted octanol–water partition coefficient (Wildman–Crippen LogP) is 1.52. The highest BCUT2D eigenvalue weighted by Gasteiger charge is 2.25. The van der Waals surface area contributed by atoms with E-state index in [9.17, 15) is 9.59 Å². The SMILES string of the molecule is O=C1NC(=O)/C(=C\c2ccnc(N3CCN(c4ccncc4)CC3)n2)S1. The van der Waals surface area contributed by atoms with Crippen LogP contribution in [-0.2, 0) is 4.79 Å². The number of nitrogens with one attached hydrogen (secondary N) is 1. The Labute approximate surface area is 154 Å². The molecule has 2 aliphatic rings. The van der Waals surface area contributed by atoms with Crippen LogP contribution in [0.5, 0.6) is 0 Å². The molecule has 4 rings (SSSR count). The van der Waals surface area contributed by atoms with Crippen LogP contribution in [-0.4, -0.2) is 52.3 Å². The van der Waals surface area contributed by atoms with E-state index in [1.165, 1.54) is 0 Å². The normalized spacial score (nSPS) is 19.2. The van der Waals surface area contributed by atoms with Crippen LogP contribution in [0.25, 0.3) is 6.08 Å². The van der Waals surface area contributed by atoms with Crippen LogP contribution >= 0.6 is 11.8 Å². The van der Waals surface area contributed by atoms with E-state index in [1.54, 1.807) is 30.7 Å². The Bertz CT molecular complexity index is 865. The number of piperazine rings is 1. The number of anilines is 2. The number of aromatic nitrogens is 3. The molecule has 132 valence electrons. The molecular weight excluding hydrogens is 352 g/mol. The fourth-order valence-corrected chi connectivity index (χ4v) is 3.54. The van der Waals surface area contributed by atoms with Crippen molar-refractivity contribution in [3.63, 3.8) is 0 Å². The van der Waals surface area contributed by atoms with Crippen molar-refractivity contribution in [1.82, 2.24) is 20.3 Å². The van der Waals surface area contributed by atoms with Gasteiger partial charge in [-0.1, -0.05) is 0 Å². The van der Waals surface area contributed by atoms with Gasteiger partial charge in [-0.25, -0.2) is 9.97 Å². The minimum Gasteiger partial charge on any atom is -0.368 e. The minimum absolute atomic E-state index is 0.349. The summed E-state index contributed by atoms with van der Waals surface area (Å²) in [4.78, 5) is 40.6. The van der Waals surface area contributed by atoms with Crippen LogP contribution in [0.1, 0.15) is 5.69 Å². The summed E-state index contributed by atoms with van der Waals surface area (Å²) in [5.74, 6) is 0.245. The Balaban J connectivity index is 1.45. The van der Waals surface area contributed by atoms with Gasteiger partial charge in [0.1, 0.15) is 0 Å². The third kappa shape index (κ3) is 3.52. The average molecular weight is 368 g/mol. The number of rotatable bonds is 3. The van der Waals surface area contributed by atoms with Crippen LogP contribution in [0, 0.1) is 0 Å². The van der Waals surface area contributed by atoms with Crippen LogP contribution in [0.3, 0.4) is 0 Å². The van der Waals surface area contributed by atoms with Crippen molar-refractivity contribution in [3.8, 4) is 0 Å². The summed E-state index contributed by atoms with van der Waals surface area (Å²) in [7, 11) is 0. The Morgan fingerprint density at radius 1 is 1.00 bits per heavy atom. The smallest absolute Gasteiger partial charge is 0.290 e. The summed E-state index contributed by atoms with van der Waals surface area (Å²) < 4.78 is 0. The highest BCUT2D eigenvalue weighted by atomic mass is 32.2. The maximum Gasteiger partial charge on any atom is 0.290 e. The number of amides is 2. The fourth-order valence-electron chi connectivity index (χ4n) is 2.87. The molecule has 26 heavy (non-hydrogen) atoms. The molecular formula is C17H16N6O2S. The Hall–Kier alpha value is -2.94. The standard InChI is InChI=1S/C17H16N6O2S/c24-15-14(26-17(25)21-15)11-12-1-6-19-16(20-12)23-9-7-22(8-10-23)13-2-4-18-5-3-13/h1-6,11H,7-10H2,(H,21,24,25)/b14-11+. The number of pyridine rings is 1. The maximum absolute atomic E-state index is 11.7. The summed E-state index contributed by atoms with van der Waals surface area (Å²) in [5.41, 5.74) is 1.77. The molecule has 0 unspecified atom stereocenters. The lowest BCUT2D eigenvalue weighted by Gasteiger charge is -2.36. The first-order valence-electron chi connectivity index (χ1n) is 8.17. The lowest BCUT2D eigenvalue weighted by atomic mass is 10.2. The number of imide groups is 1. The molecule has 2 aliphatic heterocycles. The van der Waals surface area contributed by atoms with E-state index >= 15 is 0 Å².